The molecular formula is C35H42N4O7. The molecule has 1 aromatic heterocycles. The number of fused-ring (bicyclic) bond motifs is 1. The fourth-order valence-corrected chi connectivity index (χ4v) is 6.40. The second-order valence-electron chi connectivity index (χ2n) is 12.2. The van der Waals surface area contributed by atoms with E-state index in [0.29, 0.717) is 36.1 Å². The molecule has 1 aliphatic carbocycles. The quantitative estimate of drug-likeness (QED) is 0.209. The molecule has 0 radical (unpaired) electrons. The molecule has 5 rings (SSSR count). The summed E-state index contributed by atoms with van der Waals surface area (Å²) in [6, 6.07) is 13.8. The fourth-order valence-electron chi connectivity index (χ4n) is 6.40. The lowest BCUT2D eigenvalue weighted by Gasteiger charge is -2.29. The van der Waals surface area contributed by atoms with E-state index < -0.39 is 41.5 Å². The minimum Gasteiger partial charge on any atom is -0.493 e. The van der Waals surface area contributed by atoms with Crippen molar-refractivity contribution in [3.05, 3.63) is 65.9 Å². The van der Waals surface area contributed by atoms with Gasteiger partial charge in [0.25, 0.3) is 11.8 Å². The molecule has 4 amide bonds. The molecule has 1 aliphatic heterocycles. The largest absolute Gasteiger partial charge is 0.493 e. The van der Waals surface area contributed by atoms with Crippen molar-refractivity contribution in [2.24, 2.45) is 11.8 Å². The van der Waals surface area contributed by atoms with Crippen LogP contribution in [0.3, 0.4) is 0 Å². The average Bonchev–Trinajstić information content (AvgIpc) is 3.53. The summed E-state index contributed by atoms with van der Waals surface area (Å²) in [6.07, 6.45) is 6.66. The molecule has 0 bridgehead atoms. The second kappa shape index (κ2) is 15.6. The van der Waals surface area contributed by atoms with E-state index in [2.05, 4.69) is 21.3 Å². The number of methoxy groups -OCH3 is 1. The van der Waals surface area contributed by atoms with Gasteiger partial charge < -0.3 is 30.4 Å². The van der Waals surface area contributed by atoms with E-state index in [1.54, 1.807) is 24.3 Å². The summed E-state index contributed by atoms with van der Waals surface area (Å²) in [5, 5.41) is 11.7. The maximum Gasteiger partial charge on any atom is 0.289 e. The molecule has 0 unspecified atom stereocenters. The molecule has 3 aromatic rings. The highest BCUT2D eigenvalue weighted by Crippen LogP contribution is 2.30. The van der Waals surface area contributed by atoms with Gasteiger partial charge in [-0.15, -0.1) is 0 Å². The van der Waals surface area contributed by atoms with Crippen molar-refractivity contribution in [1.29, 1.82) is 0 Å². The van der Waals surface area contributed by atoms with Crippen LogP contribution < -0.4 is 26.0 Å². The van der Waals surface area contributed by atoms with Crippen molar-refractivity contribution in [3.8, 4) is 5.75 Å². The van der Waals surface area contributed by atoms with Crippen LogP contribution in [0.5, 0.6) is 5.75 Å². The van der Waals surface area contributed by atoms with E-state index in [9.17, 15) is 24.0 Å². The summed E-state index contributed by atoms with van der Waals surface area (Å²) < 4.78 is 11.2. The van der Waals surface area contributed by atoms with E-state index in [-0.39, 0.29) is 30.6 Å². The third-order valence-electron chi connectivity index (χ3n) is 8.94. The van der Waals surface area contributed by atoms with Crippen LogP contribution in [0.25, 0.3) is 11.0 Å². The van der Waals surface area contributed by atoms with Crippen LogP contribution in [0.1, 0.15) is 73.9 Å². The van der Waals surface area contributed by atoms with Crippen molar-refractivity contribution in [2.45, 2.75) is 76.4 Å². The Balaban J connectivity index is 1.34. The Bertz CT molecular complexity index is 1550. The molecule has 11 heteroatoms. The Morgan fingerprint density at radius 1 is 0.913 bits per heavy atom. The maximum atomic E-state index is 13.9. The van der Waals surface area contributed by atoms with E-state index >= 15 is 0 Å². The zero-order valence-corrected chi connectivity index (χ0v) is 26.1. The highest BCUT2D eigenvalue weighted by molar-refractivity contribution is 6.38. The summed E-state index contributed by atoms with van der Waals surface area (Å²) in [5.41, 5.74) is 1.23. The average molecular weight is 631 g/mol. The standard InChI is InChI=1S/C35H42N4O7/c1-45-28-16-8-14-24-20-29(46-31(24)28)34(43)39-27(18-22-10-4-2-5-11-22)33(42)38-26(19-25-15-9-17-36-32(25)41)30(40)35(44)37-21-23-12-6-3-7-13-23/h3,6-8,12-14,16,20,22,25-27H,2,4-5,9-11,15,17-19,21H2,1H3,(H,36,41)(H,37,44)(H,38,42)(H,39,43)/t25-,26-,27-/m0/s1. The first-order valence-electron chi connectivity index (χ1n) is 16.1. The third-order valence-corrected chi connectivity index (χ3v) is 8.94. The van der Waals surface area contributed by atoms with Crippen molar-refractivity contribution >= 4 is 40.4 Å². The van der Waals surface area contributed by atoms with Crippen LogP contribution in [0, 0.1) is 11.8 Å². The zero-order valence-electron chi connectivity index (χ0n) is 26.1. The maximum absolute atomic E-state index is 13.9. The number of ether oxygens (including phenoxy) is 1. The number of hydrogen-bond donors (Lipinski definition) is 4. The molecule has 46 heavy (non-hydrogen) atoms. The fraction of sp³-hybridized carbons (Fsp3) is 0.457. The number of piperidine rings is 1. The van der Waals surface area contributed by atoms with E-state index in [1.807, 2.05) is 30.3 Å². The molecule has 2 aromatic carbocycles. The predicted molar refractivity (Wildman–Crippen MR) is 171 cm³/mol. The lowest BCUT2D eigenvalue weighted by molar-refractivity contribution is -0.141. The first-order chi connectivity index (χ1) is 22.3. The summed E-state index contributed by atoms with van der Waals surface area (Å²) in [6.45, 7) is 0.680. The van der Waals surface area contributed by atoms with Crippen molar-refractivity contribution < 1.29 is 33.1 Å². The molecule has 0 spiro atoms. The lowest BCUT2D eigenvalue weighted by atomic mass is 9.84. The second-order valence-corrected chi connectivity index (χ2v) is 12.2. The van der Waals surface area contributed by atoms with Gasteiger partial charge in [-0.2, -0.15) is 0 Å². The number of rotatable bonds is 13. The monoisotopic (exact) mass is 630 g/mol. The molecule has 3 atom stereocenters. The SMILES string of the molecule is COc1cccc2cc(C(=O)N[C@@H](CC3CCCCC3)C(=O)N[C@@H](C[C@@H]3CCCNC3=O)C(=O)C(=O)NCc3ccccc3)oc12. The minimum atomic E-state index is -1.25. The minimum absolute atomic E-state index is 0.0211. The van der Waals surface area contributed by atoms with Gasteiger partial charge in [0, 0.05) is 24.4 Å². The smallest absolute Gasteiger partial charge is 0.289 e. The van der Waals surface area contributed by atoms with Crippen LogP contribution in [0.4, 0.5) is 0 Å². The Hall–Kier alpha value is -4.67. The third kappa shape index (κ3) is 8.32. The Morgan fingerprint density at radius 3 is 2.43 bits per heavy atom. The molecule has 1 saturated heterocycles. The Labute approximate surface area is 268 Å². The first kappa shape index (κ1) is 32.7. The van der Waals surface area contributed by atoms with Crippen LogP contribution in [-0.4, -0.2) is 55.2 Å². The Morgan fingerprint density at radius 2 is 1.70 bits per heavy atom. The highest BCUT2D eigenvalue weighted by atomic mass is 16.5. The summed E-state index contributed by atoms with van der Waals surface area (Å²) in [4.78, 5) is 66.6. The van der Waals surface area contributed by atoms with E-state index in [0.717, 1.165) is 44.1 Å². The Kier molecular flexibility index (Phi) is 11.1. The molecule has 2 aliphatic rings. The summed E-state index contributed by atoms with van der Waals surface area (Å²) >= 11 is 0. The number of carbonyl (C=O) groups excluding carboxylic acids is 5. The van der Waals surface area contributed by atoms with Crippen molar-refractivity contribution in [3.63, 3.8) is 0 Å². The van der Waals surface area contributed by atoms with Gasteiger partial charge in [0.05, 0.1) is 13.2 Å². The van der Waals surface area contributed by atoms with Gasteiger partial charge in [-0.25, -0.2) is 0 Å². The van der Waals surface area contributed by atoms with E-state index in [1.165, 1.54) is 7.11 Å². The van der Waals surface area contributed by atoms with Gasteiger partial charge in [0.2, 0.25) is 17.6 Å². The van der Waals surface area contributed by atoms with Gasteiger partial charge in [-0.05, 0) is 49.3 Å². The lowest BCUT2D eigenvalue weighted by Crippen LogP contribution is -2.55. The topological polar surface area (TPSA) is 156 Å². The number of para-hydroxylation sites is 1. The molecule has 2 fully saturated rings. The van der Waals surface area contributed by atoms with Crippen LogP contribution in [-0.2, 0) is 25.7 Å². The zero-order chi connectivity index (χ0) is 32.5. The molecule has 11 nitrogen and oxygen atoms in total. The summed E-state index contributed by atoms with van der Waals surface area (Å²) in [5.74, 6) is -2.91. The van der Waals surface area contributed by atoms with Gasteiger partial charge in [-0.1, -0.05) is 74.6 Å². The van der Waals surface area contributed by atoms with Gasteiger partial charge in [0.1, 0.15) is 6.04 Å². The molecule has 2 heterocycles. The van der Waals surface area contributed by atoms with Gasteiger partial charge >= 0.3 is 0 Å². The van der Waals surface area contributed by atoms with Gasteiger partial charge in [-0.3, -0.25) is 24.0 Å². The number of Topliss-reactive ketones (excluding diaryl/α,β-unsaturated/α-hetero) is 1. The van der Waals surface area contributed by atoms with Gasteiger partial charge in [0.15, 0.2) is 17.1 Å². The molecular weight excluding hydrogens is 588 g/mol. The number of nitrogens with one attached hydrogen (secondary N) is 4. The van der Waals surface area contributed by atoms with Crippen LogP contribution in [0.15, 0.2) is 59.0 Å². The number of furan rings is 1. The normalized spacial score (nSPS) is 18.2. The number of ketones is 1. The predicted octanol–water partition coefficient (Wildman–Crippen LogP) is 3.80. The number of carbonyl (C=O) groups is 5. The van der Waals surface area contributed by atoms with Crippen LogP contribution >= 0.6 is 0 Å². The molecule has 1 saturated carbocycles. The first-order valence-corrected chi connectivity index (χ1v) is 16.1. The number of hydrogen-bond acceptors (Lipinski definition) is 7. The molecule has 244 valence electrons. The van der Waals surface area contributed by atoms with E-state index in [4.69, 9.17) is 9.15 Å². The number of benzene rings is 2. The summed E-state index contributed by atoms with van der Waals surface area (Å²) in [7, 11) is 1.51. The molecule has 4 N–H and O–H groups in total. The van der Waals surface area contributed by atoms with Crippen molar-refractivity contribution in [2.75, 3.05) is 13.7 Å². The highest BCUT2D eigenvalue weighted by Gasteiger charge is 2.36. The van der Waals surface area contributed by atoms with Crippen molar-refractivity contribution in [1.82, 2.24) is 21.3 Å². The van der Waals surface area contributed by atoms with Crippen LogP contribution in [0.2, 0.25) is 0 Å². The number of amides is 4.